The third-order valence-corrected chi connectivity index (χ3v) is 13.8. The first-order valence-electron chi connectivity index (χ1n) is 22.0. The van der Waals surface area contributed by atoms with Crippen LogP contribution in [-0.4, -0.2) is 112 Å². The summed E-state index contributed by atoms with van der Waals surface area (Å²) in [5.74, 6) is -0.173. The van der Waals surface area contributed by atoms with Gasteiger partial charge in [0.2, 0.25) is 17.8 Å². The lowest BCUT2D eigenvalue weighted by molar-refractivity contribution is -0.137. The molecule has 9 rings (SSSR count). The molecule has 0 bridgehead atoms. The number of anilines is 3. The largest absolute Gasteiger partial charge is 0.478 e. The summed E-state index contributed by atoms with van der Waals surface area (Å²) < 4.78 is 13.9. The van der Waals surface area contributed by atoms with Crippen LogP contribution in [0.25, 0.3) is 16.5 Å². The Morgan fingerprint density at radius 3 is 2.47 bits per heavy atom. The number of likely N-dealkylation sites (N-methyl/N-ethyl adjacent to an activating group) is 1. The first-order valence-corrected chi connectivity index (χ1v) is 22.7. The van der Waals surface area contributed by atoms with Gasteiger partial charge in [-0.2, -0.15) is 4.98 Å². The van der Waals surface area contributed by atoms with Crippen LogP contribution in [0.2, 0.25) is 10.0 Å². The average molecular weight is 913 g/mol. The highest BCUT2D eigenvalue weighted by atomic mass is 35.5. The van der Waals surface area contributed by atoms with Crippen LogP contribution in [-0.2, 0) is 25.7 Å². The van der Waals surface area contributed by atoms with Crippen LogP contribution in [0.15, 0.2) is 53.5 Å². The quantitative estimate of drug-likeness (QED) is 0.150. The van der Waals surface area contributed by atoms with Gasteiger partial charge in [0.15, 0.2) is 18.2 Å². The Labute approximate surface area is 380 Å². The van der Waals surface area contributed by atoms with Crippen LogP contribution in [0.3, 0.4) is 0 Å². The number of benzene rings is 2. The summed E-state index contributed by atoms with van der Waals surface area (Å²) in [5.41, 5.74) is 4.49. The van der Waals surface area contributed by atoms with E-state index in [9.17, 15) is 24.0 Å². The van der Waals surface area contributed by atoms with Crippen LogP contribution >= 0.6 is 23.2 Å². The maximum atomic E-state index is 13.3. The second-order valence-electron chi connectivity index (χ2n) is 17.4. The van der Waals surface area contributed by atoms with Gasteiger partial charge in [-0.05, 0) is 93.8 Å². The second kappa shape index (κ2) is 18.1. The van der Waals surface area contributed by atoms with Crippen molar-refractivity contribution in [1.29, 1.82) is 0 Å². The number of rotatable bonds is 12. The number of nitrogens with one attached hydrogen (secondary N) is 3. The van der Waals surface area contributed by atoms with Crippen molar-refractivity contribution in [2.75, 3.05) is 50.1 Å². The molecule has 4 amide bonds. The van der Waals surface area contributed by atoms with E-state index in [-0.39, 0.29) is 66.9 Å². The molecule has 336 valence electrons. The van der Waals surface area contributed by atoms with E-state index in [1.165, 1.54) is 11.9 Å². The maximum absolute atomic E-state index is 13.3. The van der Waals surface area contributed by atoms with Crippen molar-refractivity contribution in [2.45, 2.75) is 95.7 Å². The van der Waals surface area contributed by atoms with Crippen molar-refractivity contribution >= 4 is 80.8 Å². The van der Waals surface area contributed by atoms with Gasteiger partial charge in [-0.15, -0.1) is 0 Å². The van der Waals surface area contributed by atoms with Crippen LogP contribution in [0.1, 0.15) is 86.3 Å². The molecule has 0 unspecified atom stereocenters. The molecular weight excluding hydrogens is 861 g/mol. The van der Waals surface area contributed by atoms with Crippen molar-refractivity contribution in [3.63, 3.8) is 0 Å². The molecular formula is C46H51Cl2N9O7. The number of imide groups is 1. The number of ether oxygens (including phenoxy) is 2. The zero-order chi connectivity index (χ0) is 44.8. The van der Waals surface area contributed by atoms with Gasteiger partial charge in [-0.25, -0.2) is 4.98 Å². The summed E-state index contributed by atoms with van der Waals surface area (Å²) in [6, 6.07) is 10.7. The SMILES string of the molecule is CNC(=O)COc1cc2cc(Nc3nc(N4CCC(OC5CC(N6CC=C(c7ccc8c(c7Cl)CN([C@H]7CCC(=O)NC7=O)C8=O)CC6)C5)CC4)ncc3Cl)ccc2n(C(C)C)c1=O. The number of fused-ring (bicyclic) bond motifs is 2. The summed E-state index contributed by atoms with van der Waals surface area (Å²) in [7, 11) is 1.51. The van der Waals surface area contributed by atoms with Crippen molar-refractivity contribution in [3.8, 4) is 5.75 Å². The number of halogens is 2. The lowest BCUT2D eigenvalue weighted by Crippen LogP contribution is -2.52. The summed E-state index contributed by atoms with van der Waals surface area (Å²) >= 11 is 13.6. The third-order valence-electron chi connectivity index (χ3n) is 13.1. The van der Waals surface area contributed by atoms with Crippen molar-refractivity contribution < 1.29 is 28.7 Å². The van der Waals surface area contributed by atoms with E-state index >= 15 is 0 Å². The molecule has 1 saturated carbocycles. The monoisotopic (exact) mass is 911 g/mol. The van der Waals surface area contributed by atoms with E-state index in [0.29, 0.717) is 45.5 Å². The zero-order valence-electron chi connectivity index (χ0n) is 36.0. The molecule has 0 radical (unpaired) electrons. The van der Waals surface area contributed by atoms with Crippen molar-refractivity contribution in [3.05, 3.63) is 85.8 Å². The summed E-state index contributed by atoms with van der Waals surface area (Å²) in [6.45, 7) is 7.05. The Bertz CT molecular complexity index is 2620. The molecule has 16 nitrogen and oxygen atoms in total. The maximum Gasteiger partial charge on any atom is 0.293 e. The predicted octanol–water partition coefficient (Wildman–Crippen LogP) is 5.61. The lowest BCUT2D eigenvalue weighted by atomic mass is 9.85. The summed E-state index contributed by atoms with van der Waals surface area (Å²) in [6.07, 6.45) is 9.29. The summed E-state index contributed by atoms with van der Waals surface area (Å²) in [5, 5.41) is 9.87. The van der Waals surface area contributed by atoms with E-state index in [1.54, 1.807) is 16.8 Å². The zero-order valence-corrected chi connectivity index (χ0v) is 37.5. The molecule has 0 spiro atoms. The highest BCUT2D eigenvalue weighted by Crippen LogP contribution is 2.40. The second-order valence-corrected chi connectivity index (χ2v) is 18.2. The predicted molar refractivity (Wildman–Crippen MR) is 243 cm³/mol. The van der Waals surface area contributed by atoms with Crippen molar-refractivity contribution in [1.82, 2.24) is 35.0 Å². The number of aromatic nitrogens is 3. The molecule has 18 heteroatoms. The van der Waals surface area contributed by atoms with Crippen LogP contribution in [0.4, 0.5) is 17.5 Å². The third kappa shape index (κ3) is 8.67. The van der Waals surface area contributed by atoms with Gasteiger partial charge in [0.25, 0.3) is 17.4 Å². The molecule has 2 saturated heterocycles. The number of piperidine rings is 2. The number of amides is 4. The van der Waals surface area contributed by atoms with Gasteiger partial charge >= 0.3 is 0 Å². The lowest BCUT2D eigenvalue weighted by Gasteiger charge is -2.45. The number of pyridine rings is 1. The van der Waals surface area contributed by atoms with Crippen LogP contribution in [0.5, 0.6) is 5.75 Å². The first kappa shape index (κ1) is 43.7. The number of carbonyl (C=O) groups excluding carboxylic acids is 4. The number of hydrogen-bond donors (Lipinski definition) is 3. The first-order chi connectivity index (χ1) is 30.8. The Morgan fingerprint density at radius 2 is 1.75 bits per heavy atom. The highest BCUT2D eigenvalue weighted by molar-refractivity contribution is 6.34. The van der Waals surface area contributed by atoms with Crippen LogP contribution in [0, 0.1) is 0 Å². The fourth-order valence-corrected chi connectivity index (χ4v) is 9.97. The van der Waals surface area contributed by atoms with Gasteiger partial charge in [-0.1, -0.05) is 35.3 Å². The van der Waals surface area contributed by atoms with E-state index < -0.39 is 11.9 Å². The van der Waals surface area contributed by atoms with Gasteiger partial charge in [0.05, 0.1) is 28.9 Å². The molecule has 4 aliphatic heterocycles. The fraction of sp³-hybridized carbons (Fsp3) is 0.457. The normalized spacial score (nSPS) is 21.8. The molecule has 4 aromatic rings. The highest BCUT2D eigenvalue weighted by Gasteiger charge is 2.41. The van der Waals surface area contributed by atoms with Gasteiger partial charge in [-0.3, -0.25) is 34.2 Å². The minimum Gasteiger partial charge on any atom is -0.478 e. The standard InChI is InChI=1S/C46H51Cl2N9O7/c1-25(2)57-36-7-4-28(18-27(36)19-38(45(57)62)63-24-40(59)49-3)51-42-35(47)22-50-46(53-42)55-16-12-30(13-17-55)64-31-20-29(21-31)54-14-10-26(11-15-54)32-5-6-33-34(41(32)48)23-56(44(33)61)37-8-9-39(58)52-43(37)60/h4-7,10,18-19,22,25,29-31,37H,8-9,11-17,20-21,23-24H2,1-3H3,(H,49,59)(H,50,51,53)(H,52,58,60)/t29?,31?,37-/m0/s1. The Kier molecular flexibility index (Phi) is 12.4. The molecule has 1 aliphatic carbocycles. The number of carbonyl (C=O) groups is 4. The van der Waals surface area contributed by atoms with E-state index in [0.717, 1.165) is 85.9 Å². The molecule has 3 N–H and O–H groups in total. The van der Waals surface area contributed by atoms with Crippen molar-refractivity contribution in [2.24, 2.45) is 0 Å². The van der Waals surface area contributed by atoms with E-state index in [2.05, 4.69) is 36.8 Å². The molecule has 2 aromatic heterocycles. The Morgan fingerprint density at radius 1 is 0.969 bits per heavy atom. The van der Waals surface area contributed by atoms with E-state index in [1.807, 2.05) is 44.2 Å². The van der Waals surface area contributed by atoms with Crippen LogP contribution < -0.4 is 31.1 Å². The topological polar surface area (TPSA) is 180 Å². The smallest absolute Gasteiger partial charge is 0.293 e. The molecule has 2 aromatic carbocycles. The molecule has 5 aliphatic rings. The Hall–Kier alpha value is -5.55. The summed E-state index contributed by atoms with van der Waals surface area (Å²) in [4.78, 5) is 78.1. The molecule has 1 atom stereocenters. The Balaban J connectivity index is 0.760. The molecule has 64 heavy (non-hydrogen) atoms. The minimum absolute atomic E-state index is 0.0899. The average Bonchev–Trinajstić information content (AvgIpc) is 3.61. The minimum atomic E-state index is -0.676. The van der Waals surface area contributed by atoms with Gasteiger partial charge < -0.3 is 34.5 Å². The molecule has 6 heterocycles. The van der Waals surface area contributed by atoms with E-state index in [4.69, 9.17) is 37.7 Å². The number of nitrogens with zero attached hydrogens (tertiary/aromatic N) is 6. The molecule has 3 fully saturated rings. The van der Waals surface area contributed by atoms with Gasteiger partial charge in [0.1, 0.15) is 11.1 Å². The fourth-order valence-electron chi connectivity index (χ4n) is 9.49. The number of hydrogen-bond acceptors (Lipinski definition) is 12. The van der Waals surface area contributed by atoms with Gasteiger partial charge in [0, 0.05) is 80.5 Å².